The summed E-state index contributed by atoms with van der Waals surface area (Å²) in [7, 11) is 0. The number of aliphatic carboxylic acids is 1. The molecule has 0 radical (unpaired) electrons. The van der Waals surface area contributed by atoms with Crippen LogP contribution in [0, 0.1) is 0 Å². The molecule has 1 atom stereocenters. The van der Waals surface area contributed by atoms with Gasteiger partial charge in [-0.05, 0) is 31.4 Å². The lowest BCUT2D eigenvalue weighted by Gasteiger charge is -2.04. The van der Waals surface area contributed by atoms with E-state index in [0.717, 1.165) is 6.42 Å². The molecule has 0 aromatic rings. The Hall–Kier alpha value is -0.510. The second kappa shape index (κ2) is 15.9. The molecule has 2 nitrogen and oxygen atoms in total. The van der Waals surface area contributed by atoms with Gasteiger partial charge in [-0.2, -0.15) is 11.8 Å². The maximum absolute atomic E-state index is 13.5. The number of hydrogen-bond acceptors (Lipinski definition) is 2. The number of thioether (sulfide) groups is 1. The van der Waals surface area contributed by atoms with Gasteiger partial charge in [-0.3, -0.25) is 4.79 Å². The van der Waals surface area contributed by atoms with Crippen molar-refractivity contribution in [2.24, 2.45) is 0 Å². The lowest BCUT2D eigenvalue weighted by atomic mass is 10.1. The fourth-order valence-corrected chi connectivity index (χ4v) is 2.94. The third-order valence-electron chi connectivity index (χ3n) is 3.32. The minimum absolute atomic E-state index is 0.166. The van der Waals surface area contributed by atoms with Crippen LogP contribution in [0.5, 0.6) is 0 Å². The van der Waals surface area contributed by atoms with Crippen molar-refractivity contribution in [1.29, 1.82) is 0 Å². The molecule has 1 N–H and O–H groups in total. The maximum Gasteiger partial charge on any atom is 0.304 e. The molecule has 4 heteroatoms. The molecule has 0 aliphatic carbocycles. The fourth-order valence-electron chi connectivity index (χ4n) is 1.99. The molecule has 124 valence electrons. The molecule has 0 amide bonds. The average Bonchev–Trinajstić information content (AvgIpc) is 2.45. The molecule has 21 heavy (non-hydrogen) atoms. The smallest absolute Gasteiger partial charge is 0.304 e. The van der Waals surface area contributed by atoms with Gasteiger partial charge in [0.25, 0.3) is 0 Å². The van der Waals surface area contributed by atoms with Crippen LogP contribution in [0.3, 0.4) is 0 Å². The zero-order valence-corrected chi connectivity index (χ0v) is 14.2. The maximum atomic E-state index is 13.5. The van der Waals surface area contributed by atoms with E-state index in [9.17, 15) is 9.18 Å². The van der Waals surface area contributed by atoms with Gasteiger partial charge in [-0.1, -0.05) is 51.2 Å². The molecule has 0 aromatic carbocycles. The number of carbonyl (C=O) groups is 1. The van der Waals surface area contributed by atoms with E-state index in [2.05, 4.69) is 13.0 Å². The second-order valence-corrected chi connectivity index (χ2v) is 6.63. The molecule has 0 saturated carbocycles. The molecule has 0 aromatic heterocycles. The van der Waals surface area contributed by atoms with Crippen molar-refractivity contribution in [3.63, 3.8) is 0 Å². The van der Waals surface area contributed by atoms with Crippen molar-refractivity contribution < 1.29 is 14.3 Å². The number of halogens is 1. The molecular weight excluding hydrogens is 287 g/mol. The zero-order chi connectivity index (χ0) is 15.8. The van der Waals surface area contributed by atoms with E-state index in [-0.39, 0.29) is 6.42 Å². The van der Waals surface area contributed by atoms with Gasteiger partial charge in [-0.25, -0.2) is 4.39 Å². The van der Waals surface area contributed by atoms with Crippen LogP contribution >= 0.6 is 11.8 Å². The van der Waals surface area contributed by atoms with Gasteiger partial charge >= 0.3 is 5.97 Å². The highest BCUT2D eigenvalue weighted by Crippen LogP contribution is 2.12. The van der Waals surface area contributed by atoms with Gasteiger partial charge in [0, 0.05) is 5.75 Å². The first-order valence-corrected chi connectivity index (χ1v) is 9.40. The van der Waals surface area contributed by atoms with Gasteiger partial charge < -0.3 is 5.11 Å². The summed E-state index contributed by atoms with van der Waals surface area (Å²) in [5.41, 5.74) is 0. The lowest BCUT2D eigenvalue weighted by molar-refractivity contribution is -0.136. The number of alkyl halides is 1. The Labute approximate surface area is 133 Å². The van der Waals surface area contributed by atoms with E-state index in [0.29, 0.717) is 24.3 Å². The highest BCUT2D eigenvalue weighted by Gasteiger charge is 2.04. The van der Waals surface area contributed by atoms with Gasteiger partial charge in [0.15, 0.2) is 0 Å². The summed E-state index contributed by atoms with van der Waals surface area (Å²) in [4.78, 5) is 10.3. The molecule has 0 bridgehead atoms. The van der Waals surface area contributed by atoms with Crippen molar-refractivity contribution in [2.75, 3.05) is 11.5 Å². The van der Waals surface area contributed by atoms with Crippen LogP contribution in [-0.2, 0) is 4.79 Å². The minimum atomic E-state index is -0.789. The van der Waals surface area contributed by atoms with Gasteiger partial charge in [0.05, 0.1) is 6.42 Å². The van der Waals surface area contributed by atoms with Gasteiger partial charge in [0.1, 0.15) is 6.17 Å². The van der Waals surface area contributed by atoms with Crippen LogP contribution in [0.2, 0.25) is 0 Å². The van der Waals surface area contributed by atoms with E-state index >= 15 is 0 Å². The Balaban J connectivity index is 3.29. The molecule has 0 fully saturated rings. The summed E-state index contributed by atoms with van der Waals surface area (Å²) in [5, 5.41) is 8.47. The van der Waals surface area contributed by atoms with E-state index in [1.807, 2.05) is 6.08 Å². The van der Waals surface area contributed by atoms with E-state index in [1.54, 1.807) is 0 Å². The number of carboxylic acids is 1. The van der Waals surface area contributed by atoms with Gasteiger partial charge in [0.2, 0.25) is 0 Å². The Morgan fingerprint density at radius 1 is 1.14 bits per heavy atom. The Morgan fingerprint density at radius 3 is 2.57 bits per heavy atom. The Morgan fingerprint density at radius 2 is 1.86 bits per heavy atom. The molecule has 0 spiro atoms. The van der Waals surface area contributed by atoms with Crippen molar-refractivity contribution in [3.8, 4) is 0 Å². The Kier molecular flexibility index (Phi) is 15.5. The fraction of sp³-hybridized carbons (Fsp3) is 0.824. The average molecular weight is 318 g/mol. The van der Waals surface area contributed by atoms with Crippen molar-refractivity contribution >= 4 is 17.7 Å². The van der Waals surface area contributed by atoms with Crippen LogP contribution in [0.4, 0.5) is 4.39 Å². The number of carboxylic acid groups (broad SMARTS) is 1. The molecular formula is C17H31FO2S. The third-order valence-corrected chi connectivity index (χ3v) is 4.34. The number of unbranched alkanes of at least 4 members (excludes halogenated alkanes) is 6. The highest BCUT2D eigenvalue weighted by molar-refractivity contribution is 7.99. The number of allylic oxidation sites excluding steroid dienone is 2. The predicted molar refractivity (Wildman–Crippen MR) is 90.8 cm³/mol. The van der Waals surface area contributed by atoms with Gasteiger partial charge in [-0.15, -0.1) is 0 Å². The van der Waals surface area contributed by atoms with E-state index < -0.39 is 12.1 Å². The van der Waals surface area contributed by atoms with Crippen LogP contribution < -0.4 is 0 Å². The predicted octanol–water partition coefficient (Wildman–Crippen LogP) is 5.62. The standard InChI is InChI=1S/C17H31FO2S/c1-2-3-4-5-6-7-8-9-10-11-16(18)12-14-21-15-13-17(19)20/h9-10,16H,2-8,11-15H2,1H3,(H,19,20)/b10-9+. The monoisotopic (exact) mass is 318 g/mol. The SMILES string of the molecule is CCCCCCCC/C=C/CC(F)CCSCCC(=O)O. The summed E-state index contributed by atoms with van der Waals surface area (Å²) in [5.74, 6) is 0.507. The summed E-state index contributed by atoms with van der Waals surface area (Å²) in [6.45, 7) is 2.22. The summed E-state index contributed by atoms with van der Waals surface area (Å²) < 4.78 is 13.5. The van der Waals surface area contributed by atoms with Crippen LogP contribution in [-0.4, -0.2) is 28.8 Å². The van der Waals surface area contributed by atoms with Crippen LogP contribution in [0.25, 0.3) is 0 Å². The number of hydrogen-bond donors (Lipinski definition) is 1. The Bertz CT molecular complexity index is 270. The van der Waals surface area contributed by atoms with Crippen LogP contribution in [0.1, 0.15) is 71.1 Å². The molecule has 0 heterocycles. The summed E-state index contributed by atoms with van der Waals surface area (Å²) in [6, 6.07) is 0. The molecule has 0 rings (SSSR count). The highest BCUT2D eigenvalue weighted by atomic mass is 32.2. The first kappa shape index (κ1) is 20.5. The minimum Gasteiger partial charge on any atom is -0.481 e. The van der Waals surface area contributed by atoms with E-state index in [4.69, 9.17) is 5.11 Å². The first-order chi connectivity index (χ1) is 10.2. The summed E-state index contributed by atoms with van der Waals surface area (Å²) in [6.07, 6.45) is 13.3. The molecule has 0 aliphatic heterocycles. The second-order valence-electron chi connectivity index (χ2n) is 5.41. The van der Waals surface area contributed by atoms with Crippen molar-refractivity contribution in [1.82, 2.24) is 0 Å². The normalized spacial score (nSPS) is 12.9. The molecule has 0 saturated heterocycles. The molecule has 0 aliphatic rings. The first-order valence-electron chi connectivity index (χ1n) is 8.25. The molecule has 1 unspecified atom stereocenters. The lowest BCUT2D eigenvalue weighted by Crippen LogP contribution is -2.01. The third kappa shape index (κ3) is 17.4. The van der Waals surface area contributed by atoms with Crippen LogP contribution in [0.15, 0.2) is 12.2 Å². The largest absolute Gasteiger partial charge is 0.481 e. The van der Waals surface area contributed by atoms with E-state index in [1.165, 1.54) is 50.3 Å². The zero-order valence-electron chi connectivity index (χ0n) is 13.4. The quantitative estimate of drug-likeness (QED) is 0.314. The number of rotatable bonds is 15. The van der Waals surface area contributed by atoms with Crippen molar-refractivity contribution in [3.05, 3.63) is 12.2 Å². The van der Waals surface area contributed by atoms with Crippen molar-refractivity contribution in [2.45, 2.75) is 77.3 Å². The topological polar surface area (TPSA) is 37.3 Å². The summed E-state index contributed by atoms with van der Waals surface area (Å²) >= 11 is 1.52.